The molecule has 1 aromatic carbocycles. The van der Waals surface area contributed by atoms with E-state index in [9.17, 15) is 18.0 Å². The zero-order valence-electron chi connectivity index (χ0n) is 18.6. The van der Waals surface area contributed by atoms with Crippen molar-refractivity contribution in [3.05, 3.63) is 59.3 Å². The number of amides is 1. The number of alkyl halides is 2. The van der Waals surface area contributed by atoms with Crippen molar-refractivity contribution >= 4 is 17.5 Å². The van der Waals surface area contributed by atoms with Crippen LogP contribution in [0.1, 0.15) is 41.0 Å². The second-order valence-electron chi connectivity index (χ2n) is 8.56. The Labute approximate surface area is 194 Å². The molecule has 3 aromatic rings. The third-order valence-corrected chi connectivity index (χ3v) is 6.44. The molecular formula is C23H25F3N6O2. The maximum atomic E-state index is 14.6. The standard InChI is InChI=1S/C23H25F3N6O2/c1-14(16-3-2-4-17(20(16)24)21(25)26)28-23-27-6-5-19-29-18(11-32(19)23)22(33)31-9-7-30(8-10-31)15-12-34-13-15/h2-6,11,14-15,21H,7-10,12-13H2,1H3,(H,27,28)/t14-/m1/s1. The topological polar surface area (TPSA) is 75.0 Å². The molecule has 5 rings (SSSR count). The Bertz CT molecular complexity index is 1190. The Hall–Kier alpha value is -3.18. The van der Waals surface area contributed by atoms with Crippen LogP contribution in [0.15, 0.2) is 36.7 Å². The maximum Gasteiger partial charge on any atom is 0.274 e. The van der Waals surface area contributed by atoms with E-state index in [2.05, 4.69) is 20.2 Å². The number of rotatable bonds is 6. The van der Waals surface area contributed by atoms with Gasteiger partial charge in [0.2, 0.25) is 5.95 Å². The van der Waals surface area contributed by atoms with E-state index in [-0.39, 0.29) is 17.2 Å². The molecule has 180 valence electrons. The summed E-state index contributed by atoms with van der Waals surface area (Å²) < 4.78 is 47.6. The molecule has 0 saturated carbocycles. The second kappa shape index (κ2) is 9.22. The number of carbonyl (C=O) groups is 1. The first-order chi connectivity index (χ1) is 16.4. The number of nitrogens with one attached hydrogen (secondary N) is 1. The lowest BCUT2D eigenvalue weighted by Crippen LogP contribution is -2.57. The van der Waals surface area contributed by atoms with E-state index in [0.29, 0.717) is 30.7 Å². The van der Waals surface area contributed by atoms with Crippen LogP contribution in [0.3, 0.4) is 0 Å². The number of carbonyl (C=O) groups excluding carboxylic acids is 1. The van der Waals surface area contributed by atoms with Gasteiger partial charge in [-0.3, -0.25) is 14.1 Å². The number of imidazole rings is 1. The molecular weight excluding hydrogens is 449 g/mol. The minimum Gasteiger partial charge on any atom is -0.378 e. The number of halogens is 3. The van der Waals surface area contributed by atoms with Gasteiger partial charge in [-0.2, -0.15) is 0 Å². The largest absolute Gasteiger partial charge is 0.378 e. The number of aromatic nitrogens is 3. The van der Waals surface area contributed by atoms with Crippen LogP contribution in [0.25, 0.3) is 5.65 Å². The normalized spacial score (nSPS) is 18.3. The van der Waals surface area contributed by atoms with E-state index in [1.807, 2.05) is 0 Å². The smallest absolute Gasteiger partial charge is 0.274 e. The van der Waals surface area contributed by atoms with Gasteiger partial charge < -0.3 is 15.0 Å². The Morgan fingerprint density at radius 2 is 1.88 bits per heavy atom. The molecule has 2 fully saturated rings. The minimum absolute atomic E-state index is 0.0998. The first kappa shape index (κ1) is 22.6. The predicted molar refractivity (Wildman–Crippen MR) is 118 cm³/mol. The van der Waals surface area contributed by atoms with Gasteiger partial charge in [0.05, 0.1) is 30.9 Å². The first-order valence-corrected chi connectivity index (χ1v) is 11.2. The molecule has 11 heteroatoms. The highest BCUT2D eigenvalue weighted by atomic mass is 19.3. The van der Waals surface area contributed by atoms with E-state index in [1.54, 1.807) is 28.5 Å². The molecule has 8 nitrogen and oxygen atoms in total. The van der Waals surface area contributed by atoms with Crippen molar-refractivity contribution in [1.82, 2.24) is 24.2 Å². The average Bonchev–Trinajstić information content (AvgIpc) is 3.23. The van der Waals surface area contributed by atoms with Crippen molar-refractivity contribution in [2.45, 2.75) is 25.4 Å². The minimum atomic E-state index is -2.90. The highest BCUT2D eigenvalue weighted by Crippen LogP contribution is 2.28. The van der Waals surface area contributed by atoms with Gasteiger partial charge in [-0.1, -0.05) is 18.2 Å². The number of fused-ring (bicyclic) bond motifs is 1. The van der Waals surface area contributed by atoms with Crippen LogP contribution in [-0.4, -0.2) is 75.5 Å². The fourth-order valence-electron chi connectivity index (χ4n) is 4.36. The summed E-state index contributed by atoms with van der Waals surface area (Å²) in [6.07, 6.45) is 0.217. The first-order valence-electron chi connectivity index (χ1n) is 11.2. The molecule has 1 N–H and O–H groups in total. The number of hydrogen-bond donors (Lipinski definition) is 1. The lowest BCUT2D eigenvalue weighted by molar-refractivity contribution is -0.0746. The predicted octanol–water partition coefficient (Wildman–Crippen LogP) is 3.14. The highest BCUT2D eigenvalue weighted by molar-refractivity contribution is 5.93. The summed E-state index contributed by atoms with van der Waals surface area (Å²) >= 11 is 0. The van der Waals surface area contributed by atoms with Crippen molar-refractivity contribution < 1.29 is 22.7 Å². The second-order valence-corrected chi connectivity index (χ2v) is 8.56. The van der Waals surface area contributed by atoms with Crippen molar-refractivity contribution in [1.29, 1.82) is 0 Å². The van der Waals surface area contributed by atoms with Gasteiger partial charge in [0.1, 0.15) is 17.2 Å². The molecule has 0 spiro atoms. The molecule has 2 aliphatic heterocycles. The number of piperazine rings is 1. The van der Waals surface area contributed by atoms with Gasteiger partial charge in [-0.25, -0.2) is 23.1 Å². The Balaban J connectivity index is 1.33. The van der Waals surface area contributed by atoms with E-state index in [0.717, 1.165) is 32.4 Å². The van der Waals surface area contributed by atoms with Gasteiger partial charge in [0.15, 0.2) is 0 Å². The molecule has 0 unspecified atom stereocenters. The molecule has 1 amide bonds. The molecule has 2 aliphatic rings. The van der Waals surface area contributed by atoms with Crippen molar-refractivity contribution in [2.75, 3.05) is 44.7 Å². The fraction of sp³-hybridized carbons (Fsp3) is 0.435. The summed E-state index contributed by atoms with van der Waals surface area (Å²) in [5.74, 6) is -0.783. The number of hydrogen-bond acceptors (Lipinski definition) is 6. The number of nitrogens with zero attached hydrogens (tertiary/aromatic N) is 5. The average molecular weight is 474 g/mol. The molecule has 4 heterocycles. The summed E-state index contributed by atoms with van der Waals surface area (Å²) in [6, 6.07) is 5.39. The van der Waals surface area contributed by atoms with Gasteiger partial charge in [0.25, 0.3) is 12.3 Å². The molecule has 1 atom stereocenters. The molecule has 34 heavy (non-hydrogen) atoms. The van der Waals surface area contributed by atoms with Crippen LogP contribution >= 0.6 is 0 Å². The van der Waals surface area contributed by atoms with E-state index in [1.165, 1.54) is 18.3 Å². The zero-order chi connectivity index (χ0) is 23.8. The van der Waals surface area contributed by atoms with Crippen LogP contribution in [0.4, 0.5) is 19.1 Å². The van der Waals surface area contributed by atoms with Crippen molar-refractivity contribution in [3.8, 4) is 0 Å². The molecule has 0 bridgehead atoms. The van der Waals surface area contributed by atoms with Gasteiger partial charge in [0, 0.05) is 44.1 Å². The van der Waals surface area contributed by atoms with E-state index >= 15 is 0 Å². The summed E-state index contributed by atoms with van der Waals surface area (Å²) in [4.78, 5) is 25.9. The van der Waals surface area contributed by atoms with Gasteiger partial charge in [-0.15, -0.1) is 0 Å². The SMILES string of the molecule is C[C@@H](Nc1nccc2nc(C(=O)N3CCN(C4COC4)CC3)cn12)c1cccc(C(F)F)c1F. The number of ether oxygens (including phenoxy) is 1. The molecule has 0 radical (unpaired) electrons. The highest BCUT2D eigenvalue weighted by Gasteiger charge is 2.31. The number of anilines is 1. The van der Waals surface area contributed by atoms with Crippen LogP contribution in [-0.2, 0) is 4.74 Å². The summed E-state index contributed by atoms with van der Waals surface area (Å²) in [5.41, 5.74) is 0.246. The molecule has 2 saturated heterocycles. The van der Waals surface area contributed by atoms with Crippen LogP contribution < -0.4 is 5.32 Å². The maximum absolute atomic E-state index is 14.6. The third-order valence-electron chi connectivity index (χ3n) is 6.44. The lowest BCUT2D eigenvalue weighted by Gasteiger charge is -2.42. The Kier molecular flexibility index (Phi) is 6.13. The molecule has 0 aliphatic carbocycles. The van der Waals surface area contributed by atoms with Crippen LogP contribution in [0.2, 0.25) is 0 Å². The zero-order valence-corrected chi connectivity index (χ0v) is 18.6. The van der Waals surface area contributed by atoms with Crippen molar-refractivity contribution in [3.63, 3.8) is 0 Å². The van der Waals surface area contributed by atoms with Gasteiger partial charge in [-0.05, 0) is 13.0 Å². The summed E-state index contributed by atoms with van der Waals surface area (Å²) in [7, 11) is 0. The van der Waals surface area contributed by atoms with Crippen molar-refractivity contribution in [2.24, 2.45) is 0 Å². The van der Waals surface area contributed by atoms with Crippen LogP contribution in [0, 0.1) is 5.82 Å². The quantitative estimate of drug-likeness (QED) is 0.592. The van der Waals surface area contributed by atoms with Crippen LogP contribution in [0.5, 0.6) is 0 Å². The Morgan fingerprint density at radius 3 is 2.56 bits per heavy atom. The van der Waals surface area contributed by atoms with E-state index in [4.69, 9.17) is 4.74 Å². The number of benzene rings is 1. The van der Waals surface area contributed by atoms with E-state index < -0.39 is 23.8 Å². The lowest BCUT2D eigenvalue weighted by atomic mass is 10.0. The summed E-state index contributed by atoms with van der Waals surface area (Å²) in [6.45, 7) is 5.97. The summed E-state index contributed by atoms with van der Waals surface area (Å²) in [5, 5.41) is 3.05. The van der Waals surface area contributed by atoms with Gasteiger partial charge >= 0.3 is 0 Å². The molecule has 2 aromatic heterocycles. The fourth-order valence-corrected chi connectivity index (χ4v) is 4.36. The monoisotopic (exact) mass is 474 g/mol. The third kappa shape index (κ3) is 4.21. The Morgan fingerprint density at radius 1 is 1.15 bits per heavy atom.